The van der Waals surface area contributed by atoms with Crippen LogP contribution >= 0.6 is 0 Å². The van der Waals surface area contributed by atoms with Gasteiger partial charge >= 0.3 is 0 Å². The van der Waals surface area contributed by atoms with Gasteiger partial charge in [0.15, 0.2) is 5.60 Å². The Morgan fingerprint density at radius 3 is 2.27 bits per heavy atom. The number of halogens is 1. The fourth-order valence-electron chi connectivity index (χ4n) is 2.90. The Morgan fingerprint density at radius 1 is 1.15 bits per heavy atom. The summed E-state index contributed by atoms with van der Waals surface area (Å²) in [6.45, 7) is 10.00. The van der Waals surface area contributed by atoms with E-state index in [9.17, 15) is 14.0 Å². The Bertz CT molecular complexity index is 623. The maximum absolute atomic E-state index is 13.0. The summed E-state index contributed by atoms with van der Waals surface area (Å²) in [5, 5.41) is 2.87. The minimum atomic E-state index is -1.05. The van der Waals surface area contributed by atoms with Crippen LogP contribution in [-0.4, -0.2) is 66.0 Å². The van der Waals surface area contributed by atoms with Crippen molar-refractivity contribution in [3.05, 3.63) is 30.1 Å². The molecule has 1 aromatic rings. The van der Waals surface area contributed by atoms with Gasteiger partial charge in [0.1, 0.15) is 11.6 Å². The SMILES string of the molecule is CC(C)NC(=O)CN1CCN(C(=O)C(C)(C)Oc2ccc(F)cc2)CC1. The highest BCUT2D eigenvalue weighted by molar-refractivity contribution is 5.85. The first kappa shape index (κ1) is 20.2. The van der Waals surface area contributed by atoms with Crippen molar-refractivity contribution < 1.29 is 18.7 Å². The summed E-state index contributed by atoms with van der Waals surface area (Å²) < 4.78 is 18.8. The van der Waals surface area contributed by atoms with Crippen LogP contribution in [0, 0.1) is 5.82 Å². The molecule has 7 heteroatoms. The number of carbonyl (C=O) groups excluding carboxylic acids is 2. The van der Waals surface area contributed by atoms with Crippen molar-refractivity contribution in [2.45, 2.75) is 39.3 Å². The van der Waals surface area contributed by atoms with Crippen molar-refractivity contribution >= 4 is 11.8 Å². The highest BCUT2D eigenvalue weighted by atomic mass is 19.1. The predicted octanol–water partition coefficient (Wildman–Crippen LogP) is 1.65. The molecule has 6 nitrogen and oxygen atoms in total. The van der Waals surface area contributed by atoms with Gasteiger partial charge in [0.2, 0.25) is 5.91 Å². The van der Waals surface area contributed by atoms with Gasteiger partial charge in [-0.1, -0.05) is 0 Å². The van der Waals surface area contributed by atoms with Crippen LogP contribution in [0.25, 0.3) is 0 Å². The molecule has 1 fully saturated rings. The molecular weight excluding hydrogens is 337 g/mol. The van der Waals surface area contributed by atoms with Gasteiger partial charge in [0.25, 0.3) is 5.91 Å². The van der Waals surface area contributed by atoms with E-state index in [0.29, 0.717) is 38.5 Å². The van der Waals surface area contributed by atoms with Gasteiger partial charge in [-0.05, 0) is 52.0 Å². The Kier molecular flexibility index (Phi) is 6.58. The van der Waals surface area contributed by atoms with E-state index < -0.39 is 5.60 Å². The Labute approximate surface area is 154 Å². The lowest BCUT2D eigenvalue weighted by molar-refractivity contribution is -0.147. The summed E-state index contributed by atoms with van der Waals surface area (Å²) in [4.78, 5) is 28.4. The van der Waals surface area contributed by atoms with E-state index in [-0.39, 0.29) is 23.7 Å². The summed E-state index contributed by atoms with van der Waals surface area (Å²) in [6.07, 6.45) is 0. The van der Waals surface area contributed by atoms with E-state index in [1.54, 1.807) is 18.7 Å². The average molecular weight is 365 g/mol. The molecule has 1 heterocycles. The molecular formula is C19H28FN3O3. The van der Waals surface area contributed by atoms with Crippen molar-refractivity contribution in [2.24, 2.45) is 0 Å². The Balaban J connectivity index is 1.86. The molecule has 0 bridgehead atoms. The third kappa shape index (κ3) is 5.69. The number of carbonyl (C=O) groups is 2. The maximum Gasteiger partial charge on any atom is 0.266 e. The van der Waals surface area contributed by atoms with E-state index >= 15 is 0 Å². The average Bonchev–Trinajstić information content (AvgIpc) is 2.56. The normalized spacial score (nSPS) is 15.8. The van der Waals surface area contributed by atoms with Gasteiger partial charge in [-0.2, -0.15) is 0 Å². The third-order valence-corrected chi connectivity index (χ3v) is 4.18. The van der Waals surface area contributed by atoms with Crippen LogP contribution in [0.4, 0.5) is 4.39 Å². The van der Waals surface area contributed by atoms with Gasteiger partial charge in [0.05, 0.1) is 6.54 Å². The van der Waals surface area contributed by atoms with Crippen LogP contribution < -0.4 is 10.1 Å². The molecule has 0 saturated carbocycles. The zero-order valence-electron chi connectivity index (χ0n) is 15.9. The fraction of sp³-hybridized carbons (Fsp3) is 0.579. The molecule has 1 N–H and O–H groups in total. The second-order valence-electron chi connectivity index (χ2n) is 7.36. The fourth-order valence-corrected chi connectivity index (χ4v) is 2.90. The molecule has 0 aliphatic carbocycles. The number of hydrogen-bond donors (Lipinski definition) is 1. The van der Waals surface area contributed by atoms with Gasteiger partial charge in [-0.3, -0.25) is 14.5 Å². The number of benzene rings is 1. The van der Waals surface area contributed by atoms with E-state index in [1.165, 1.54) is 24.3 Å². The smallest absolute Gasteiger partial charge is 0.266 e. The lowest BCUT2D eigenvalue weighted by atomic mass is 10.1. The van der Waals surface area contributed by atoms with E-state index in [2.05, 4.69) is 5.32 Å². The summed E-state index contributed by atoms with van der Waals surface area (Å²) in [5.41, 5.74) is -1.05. The highest BCUT2D eigenvalue weighted by Crippen LogP contribution is 2.21. The number of hydrogen-bond acceptors (Lipinski definition) is 4. The van der Waals surface area contributed by atoms with Crippen molar-refractivity contribution in [1.82, 2.24) is 15.1 Å². The molecule has 26 heavy (non-hydrogen) atoms. The van der Waals surface area contributed by atoms with Crippen LogP contribution in [0.2, 0.25) is 0 Å². The molecule has 0 unspecified atom stereocenters. The second-order valence-corrected chi connectivity index (χ2v) is 7.36. The zero-order chi connectivity index (χ0) is 19.3. The van der Waals surface area contributed by atoms with Crippen LogP contribution in [0.15, 0.2) is 24.3 Å². The van der Waals surface area contributed by atoms with Crippen molar-refractivity contribution in [1.29, 1.82) is 0 Å². The lowest BCUT2D eigenvalue weighted by Crippen LogP contribution is -2.56. The van der Waals surface area contributed by atoms with Crippen LogP contribution in [0.1, 0.15) is 27.7 Å². The maximum atomic E-state index is 13.0. The monoisotopic (exact) mass is 365 g/mol. The third-order valence-electron chi connectivity index (χ3n) is 4.18. The van der Waals surface area contributed by atoms with Gasteiger partial charge in [0, 0.05) is 32.2 Å². The number of piperazine rings is 1. The minimum absolute atomic E-state index is 0.000232. The molecule has 0 aromatic heterocycles. The number of rotatable bonds is 6. The van der Waals surface area contributed by atoms with Gasteiger partial charge < -0.3 is 15.0 Å². The first-order chi connectivity index (χ1) is 12.2. The lowest BCUT2D eigenvalue weighted by Gasteiger charge is -2.38. The Hall–Kier alpha value is -2.15. The van der Waals surface area contributed by atoms with Crippen molar-refractivity contribution in [3.8, 4) is 5.75 Å². The number of amides is 2. The van der Waals surface area contributed by atoms with E-state index in [4.69, 9.17) is 4.74 Å². The molecule has 1 aromatic carbocycles. The molecule has 0 atom stereocenters. The number of nitrogens with one attached hydrogen (secondary N) is 1. The summed E-state index contributed by atoms with van der Waals surface area (Å²) in [5.74, 6) is -0.0132. The first-order valence-corrected chi connectivity index (χ1v) is 8.93. The van der Waals surface area contributed by atoms with Crippen molar-refractivity contribution in [3.63, 3.8) is 0 Å². The molecule has 144 valence electrons. The Morgan fingerprint density at radius 2 is 1.73 bits per heavy atom. The predicted molar refractivity (Wildman–Crippen MR) is 97.4 cm³/mol. The second kappa shape index (κ2) is 8.49. The van der Waals surface area contributed by atoms with Crippen LogP contribution in [-0.2, 0) is 9.59 Å². The number of ether oxygens (including phenoxy) is 1. The molecule has 2 amide bonds. The molecule has 1 aliphatic heterocycles. The molecule has 2 rings (SSSR count). The van der Waals surface area contributed by atoms with Crippen LogP contribution in [0.3, 0.4) is 0 Å². The standard InChI is InChI=1S/C19H28FN3O3/c1-14(2)21-17(24)13-22-9-11-23(12-10-22)18(25)19(3,4)26-16-7-5-15(20)6-8-16/h5-8,14H,9-13H2,1-4H3,(H,21,24). The molecule has 1 saturated heterocycles. The summed E-state index contributed by atoms with van der Waals surface area (Å²) >= 11 is 0. The van der Waals surface area contributed by atoms with Gasteiger partial charge in [-0.25, -0.2) is 4.39 Å². The molecule has 0 radical (unpaired) electrons. The van der Waals surface area contributed by atoms with E-state index in [0.717, 1.165) is 0 Å². The largest absolute Gasteiger partial charge is 0.478 e. The zero-order valence-corrected chi connectivity index (χ0v) is 15.9. The van der Waals surface area contributed by atoms with Crippen molar-refractivity contribution in [2.75, 3.05) is 32.7 Å². The van der Waals surface area contributed by atoms with Gasteiger partial charge in [-0.15, -0.1) is 0 Å². The summed E-state index contributed by atoms with van der Waals surface area (Å²) in [7, 11) is 0. The highest BCUT2D eigenvalue weighted by Gasteiger charge is 2.35. The quantitative estimate of drug-likeness (QED) is 0.833. The minimum Gasteiger partial charge on any atom is -0.478 e. The first-order valence-electron chi connectivity index (χ1n) is 8.93. The van der Waals surface area contributed by atoms with Crippen LogP contribution in [0.5, 0.6) is 5.75 Å². The molecule has 1 aliphatic rings. The molecule has 0 spiro atoms. The number of nitrogens with zero attached hydrogens (tertiary/aromatic N) is 2. The summed E-state index contributed by atoms with van der Waals surface area (Å²) in [6, 6.07) is 5.74. The topological polar surface area (TPSA) is 61.9 Å². The van der Waals surface area contributed by atoms with E-state index in [1.807, 2.05) is 18.7 Å².